The van der Waals surface area contributed by atoms with Gasteiger partial charge >= 0.3 is 0 Å². The normalized spacial score (nSPS) is 39.2. The Morgan fingerprint density at radius 1 is 0.933 bits per heavy atom. The molecular formula is C13H24N2. The first-order chi connectivity index (χ1) is 7.43. The van der Waals surface area contributed by atoms with Crippen molar-refractivity contribution in [2.45, 2.75) is 57.0 Å². The summed E-state index contributed by atoms with van der Waals surface area (Å²) in [5.74, 6) is 0.960. The number of piperidine rings is 1. The molecule has 0 aromatic rings. The molecule has 2 aliphatic heterocycles. The molecule has 3 fully saturated rings. The number of hydrogen-bond donors (Lipinski definition) is 1. The van der Waals surface area contributed by atoms with Gasteiger partial charge in [0.1, 0.15) is 0 Å². The fourth-order valence-corrected chi connectivity index (χ4v) is 3.57. The largest absolute Gasteiger partial charge is 0.314 e. The quantitative estimate of drug-likeness (QED) is 0.747. The molecule has 1 N–H and O–H groups in total. The highest BCUT2D eigenvalue weighted by atomic mass is 15.2. The van der Waals surface area contributed by atoms with E-state index in [-0.39, 0.29) is 0 Å². The van der Waals surface area contributed by atoms with E-state index in [4.69, 9.17) is 0 Å². The summed E-state index contributed by atoms with van der Waals surface area (Å²) < 4.78 is 0. The predicted octanol–water partition coefficient (Wildman–Crippen LogP) is 2.00. The molecule has 0 spiro atoms. The van der Waals surface area contributed by atoms with Crippen molar-refractivity contribution in [2.75, 3.05) is 19.6 Å². The average Bonchev–Trinajstić information content (AvgIpc) is 2.68. The third-order valence-corrected chi connectivity index (χ3v) is 4.75. The van der Waals surface area contributed by atoms with Gasteiger partial charge in [-0.15, -0.1) is 0 Å². The Bertz CT molecular complexity index is 207. The highest BCUT2D eigenvalue weighted by Crippen LogP contribution is 2.31. The number of hydrogen-bond acceptors (Lipinski definition) is 2. The van der Waals surface area contributed by atoms with E-state index >= 15 is 0 Å². The fraction of sp³-hybridized carbons (Fsp3) is 1.00. The van der Waals surface area contributed by atoms with E-state index in [2.05, 4.69) is 10.2 Å². The van der Waals surface area contributed by atoms with Gasteiger partial charge in [-0.2, -0.15) is 0 Å². The van der Waals surface area contributed by atoms with Crippen LogP contribution < -0.4 is 5.32 Å². The summed E-state index contributed by atoms with van der Waals surface area (Å²) in [6.07, 6.45) is 10.2. The zero-order valence-electron chi connectivity index (χ0n) is 9.75. The van der Waals surface area contributed by atoms with Crippen molar-refractivity contribution in [3.05, 3.63) is 0 Å². The first-order valence-corrected chi connectivity index (χ1v) is 6.91. The van der Waals surface area contributed by atoms with Gasteiger partial charge in [-0.1, -0.05) is 6.42 Å². The Balaban J connectivity index is 1.55. The molecule has 2 heterocycles. The lowest BCUT2D eigenvalue weighted by Crippen LogP contribution is -2.49. The minimum Gasteiger partial charge on any atom is -0.314 e. The molecule has 3 rings (SSSR count). The maximum atomic E-state index is 3.70. The van der Waals surface area contributed by atoms with E-state index in [0.717, 1.165) is 18.0 Å². The van der Waals surface area contributed by atoms with E-state index in [9.17, 15) is 0 Å². The maximum absolute atomic E-state index is 3.70. The minimum atomic E-state index is 0.855. The van der Waals surface area contributed by atoms with Crippen LogP contribution in [0.2, 0.25) is 0 Å². The predicted molar refractivity (Wildman–Crippen MR) is 63.0 cm³/mol. The lowest BCUT2D eigenvalue weighted by Gasteiger charge is -2.43. The van der Waals surface area contributed by atoms with Crippen LogP contribution in [-0.2, 0) is 0 Å². The molecule has 2 atom stereocenters. The monoisotopic (exact) mass is 208 g/mol. The van der Waals surface area contributed by atoms with Gasteiger partial charge in [0.05, 0.1) is 0 Å². The fourth-order valence-electron chi connectivity index (χ4n) is 3.57. The standard InChI is InChI=1S/C13H24N2/c1-5-12(6-1)15-9-3-4-11(10-15)13-7-2-8-14-13/h11-14H,1-10H2. The van der Waals surface area contributed by atoms with Crippen LogP contribution in [0.3, 0.4) is 0 Å². The van der Waals surface area contributed by atoms with Gasteiger partial charge < -0.3 is 10.2 Å². The summed E-state index contributed by atoms with van der Waals surface area (Å²) in [6, 6.07) is 1.82. The Morgan fingerprint density at radius 2 is 1.87 bits per heavy atom. The minimum absolute atomic E-state index is 0.855. The molecule has 0 aromatic heterocycles. The molecule has 2 nitrogen and oxygen atoms in total. The number of likely N-dealkylation sites (tertiary alicyclic amines) is 1. The van der Waals surface area contributed by atoms with Gasteiger partial charge in [-0.3, -0.25) is 0 Å². The first-order valence-electron chi connectivity index (χ1n) is 6.91. The third-order valence-electron chi connectivity index (χ3n) is 4.75. The van der Waals surface area contributed by atoms with Gasteiger partial charge in [0.25, 0.3) is 0 Å². The van der Waals surface area contributed by atoms with Crippen LogP contribution in [0.15, 0.2) is 0 Å². The molecule has 2 unspecified atom stereocenters. The van der Waals surface area contributed by atoms with Crippen LogP contribution in [0, 0.1) is 5.92 Å². The maximum Gasteiger partial charge on any atom is 0.0108 e. The molecule has 1 aliphatic carbocycles. The lowest BCUT2D eigenvalue weighted by atomic mass is 9.85. The average molecular weight is 208 g/mol. The second-order valence-electron chi connectivity index (χ2n) is 5.68. The Kier molecular flexibility index (Phi) is 2.98. The van der Waals surface area contributed by atoms with Crippen molar-refractivity contribution in [1.29, 1.82) is 0 Å². The van der Waals surface area contributed by atoms with Crippen LogP contribution >= 0.6 is 0 Å². The second kappa shape index (κ2) is 4.42. The Hall–Kier alpha value is -0.0800. The summed E-state index contributed by atoms with van der Waals surface area (Å²) in [7, 11) is 0. The molecule has 0 amide bonds. The Morgan fingerprint density at radius 3 is 2.53 bits per heavy atom. The summed E-state index contributed by atoms with van der Waals surface area (Å²) in [5, 5.41) is 3.70. The van der Waals surface area contributed by atoms with Crippen molar-refractivity contribution >= 4 is 0 Å². The van der Waals surface area contributed by atoms with Gasteiger partial charge in [0.15, 0.2) is 0 Å². The van der Waals surface area contributed by atoms with Crippen molar-refractivity contribution in [3.8, 4) is 0 Å². The van der Waals surface area contributed by atoms with Crippen LogP contribution in [0.25, 0.3) is 0 Å². The molecule has 15 heavy (non-hydrogen) atoms. The smallest absolute Gasteiger partial charge is 0.0108 e. The van der Waals surface area contributed by atoms with Crippen LogP contribution in [-0.4, -0.2) is 36.6 Å². The number of nitrogens with one attached hydrogen (secondary N) is 1. The molecule has 3 aliphatic rings. The van der Waals surface area contributed by atoms with E-state index in [1.54, 1.807) is 0 Å². The summed E-state index contributed by atoms with van der Waals surface area (Å²) in [5.41, 5.74) is 0. The van der Waals surface area contributed by atoms with E-state index in [1.807, 2.05) is 0 Å². The second-order valence-corrected chi connectivity index (χ2v) is 5.68. The number of rotatable bonds is 2. The van der Waals surface area contributed by atoms with Crippen molar-refractivity contribution in [3.63, 3.8) is 0 Å². The van der Waals surface area contributed by atoms with Gasteiger partial charge in [0, 0.05) is 18.6 Å². The topological polar surface area (TPSA) is 15.3 Å². The van der Waals surface area contributed by atoms with E-state index in [0.29, 0.717) is 0 Å². The number of nitrogens with zero attached hydrogens (tertiary/aromatic N) is 1. The van der Waals surface area contributed by atoms with Gasteiger partial charge in [-0.05, 0) is 57.5 Å². The third kappa shape index (κ3) is 2.07. The van der Waals surface area contributed by atoms with Crippen molar-refractivity contribution < 1.29 is 0 Å². The molecule has 0 aromatic carbocycles. The zero-order valence-corrected chi connectivity index (χ0v) is 9.75. The van der Waals surface area contributed by atoms with Crippen LogP contribution in [0.5, 0.6) is 0 Å². The summed E-state index contributed by atoms with van der Waals surface area (Å²) in [4.78, 5) is 2.79. The molecule has 1 saturated carbocycles. The SMILES string of the molecule is C1CNC(C2CCCN(C3CCC3)C2)C1. The van der Waals surface area contributed by atoms with E-state index < -0.39 is 0 Å². The van der Waals surface area contributed by atoms with Crippen molar-refractivity contribution in [2.24, 2.45) is 5.92 Å². The Labute approximate surface area is 93.4 Å². The van der Waals surface area contributed by atoms with Crippen molar-refractivity contribution in [1.82, 2.24) is 10.2 Å². The molecule has 0 radical (unpaired) electrons. The summed E-state index contributed by atoms with van der Waals surface area (Å²) >= 11 is 0. The highest BCUT2D eigenvalue weighted by molar-refractivity contribution is 4.90. The van der Waals surface area contributed by atoms with Gasteiger partial charge in [0.2, 0.25) is 0 Å². The van der Waals surface area contributed by atoms with Crippen LogP contribution in [0.4, 0.5) is 0 Å². The first kappa shape index (κ1) is 10.1. The van der Waals surface area contributed by atoms with E-state index in [1.165, 1.54) is 64.6 Å². The lowest BCUT2D eigenvalue weighted by molar-refractivity contribution is 0.0670. The molecule has 2 heteroatoms. The highest BCUT2D eigenvalue weighted by Gasteiger charge is 2.33. The molecular weight excluding hydrogens is 184 g/mol. The molecule has 0 bridgehead atoms. The van der Waals surface area contributed by atoms with Gasteiger partial charge in [-0.25, -0.2) is 0 Å². The summed E-state index contributed by atoms with van der Waals surface area (Å²) in [6.45, 7) is 4.04. The molecule has 86 valence electrons. The van der Waals surface area contributed by atoms with Crippen LogP contribution in [0.1, 0.15) is 44.9 Å². The zero-order chi connectivity index (χ0) is 10.1. The molecule has 2 saturated heterocycles.